The number of carbonyl (C=O) groups excluding carboxylic acids is 1. The van der Waals surface area contributed by atoms with Crippen molar-refractivity contribution in [1.29, 1.82) is 0 Å². The topological polar surface area (TPSA) is 140 Å². The van der Waals surface area contributed by atoms with Gasteiger partial charge in [0.15, 0.2) is 0 Å². The lowest BCUT2D eigenvalue weighted by molar-refractivity contribution is 0.0680. The number of phosphoric ester groups is 1. The molecule has 0 unspecified atom stereocenters. The summed E-state index contributed by atoms with van der Waals surface area (Å²) in [6.07, 6.45) is 3.35. The summed E-state index contributed by atoms with van der Waals surface area (Å²) in [7, 11) is -0.402. The number of hydrogen-bond donors (Lipinski definition) is 3. The Bertz CT molecular complexity index is 1140. The molecule has 0 amide bonds. The van der Waals surface area contributed by atoms with Crippen molar-refractivity contribution in [3.05, 3.63) is 47.3 Å². The van der Waals surface area contributed by atoms with E-state index in [1.54, 1.807) is 36.4 Å². The van der Waals surface area contributed by atoms with Gasteiger partial charge in [-0.3, -0.25) is 9.79 Å². The van der Waals surface area contributed by atoms with Crippen LogP contribution in [0.5, 0.6) is 17.2 Å². The van der Waals surface area contributed by atoms with E-state index in [2.05, 4.69) is 14.5 Å². The second-order valence-corrected chi connectivity index (χ2v) is 7.14. The number of nitrogens with one attached hydrogen (secondary N) is 1. The van der Waals surface area contributed by atoms with E-state index in [-0.39, 0.29) is 11.1 Å². The van der Waals surface area contributed by atoms with E-state index in [1.807, 2.05) is 0 Å². The molecule has 0 atom stereocenters. The maximum Gasteiger partial charge on any atom is 0.527 e. The summed E-state index contributed by atoms with van der Waals surface area (Å²) in [5.41, 5.74) is 1.27. The van der Waals surface area contributed by atoms with Crippen molar-refractivity contribution in [3.8, 4) is 17.2 Å². The van der Waals surface area contributed by atoms with Crippen molar-refractivity contribution in [2.75, 3.05) is 21.3 Å². The Morgan fingerprint density at radius 2 is 1.73 bits per heavy atom. The molecule has 0 aliphatic carbocycles. The van der Waals surface area contributed by atoms with Crippen molar-refractivity contribution in [2.24, 2.45) is 0 Å². The van der Waals surface area contributed by atoms with Crippen LogP contribution in [0.15, 0.2) is 30.3 Å². The van der Waals surface area contributed by atoms with E-state index in [9.17, 15) is 9.36 Å². The molecule has 3 aromatic rings. The van der Waals surface area contributed by atoms with Crippen molar-refractivity contribution in [2.45, 2.75) is 0 Å². The second kappa shape index (κ2) is 8.58. The van der Waals surface area contributed by atoms with E-state index in [0.717, 1.165) is 0 Å². The Morgan fingerprint density at radius 1 is 1.07 bits per heavy atom. The number of phosphoric acid groups is 1. The third kappa shape index (κ3) is 4.62. The number of benzene rings is 2. The van der Waals surface area contributed by atoms with Crippen LogP contribution in [-0.2, 0) is 9.09 Å². The Balaban J connectivity index is 2.00. The molecule has 1 heterocycles. The van der Waals surface area contributed by atoms with Crippen LogP contribution in [0.3, 0.4) is 0 Å². The minimum Gasteiger partial charge on any atom is -0.496 e. The molecule has 10 nitrogen and oxygen atoms in total. The van der Waals surface area contributed by atoms with E-state index in [1.165, 1.54) is 27.4 Å². The highest BCUT2D eigenvalue weighted by Crippen LogP contribution is 2.38. The summed E-state index contributed by atoms with van der Waals surface area (Å²) in [4.78, 5) is 37.1. The van der Waals surface area contributed by atoms with Gasteiger partial charge >= 0.3 is 13.8 Å². The second-order valence-electron chi connectivity index (χ2n) is 5.97. The lowest BCUT2D eigenvalue weighted by Crippen LogP contribution is -2.03. The summed E-state index contributed by atoms with van der Waals surface area (Å²) in [5.74, 6) is 0.822. The largest absolute Gasteiger partial charge is 0.527 e. The maximum atomic E-state index is 12.1. The van der Waals surface area contributed by atoms with Gasteiger partial charge in [0, 0.05) is 12.1 Å². The fourth-order valence-electron chi connectivity index (χ4n) is 2.81. The summed E-state index contributed by atoms with van der Waals surface area (Å²) < 4.78 is 31.1. The van der Waals surface area contributed by atoms with Crippen LogP contribution >= 0.6 is 7.82 Å². The average Bonchev–Trinajstić information content (AvgIpc) is 3.13. The fourth-order valence-corrected chi connectivity index (χ4v) is 3.13. The van der Waals surface area contributed by atoms with Gasteiger partial charge in [0.1, 0.15) is 28.6 Å². The number of fused-ring (bicyclic) bond motifs is 1. The smallest absolute Gasteiger partial charge is 0.496 e. The monoisotopic (exact) mass is 434 g/mol. The SMILES string of the molecule is COc1cc(OC)c(/C=C/c2nc3c(C(=O)OP(=O)(O)O)cccc3[nH]2)c(OC)c1. The molecule has 158 valence electrons. The molecule has 3 rings (SSSR count). The Labute approximate surface area is 171 Å². The summed E-state index contributed by atoms with van der Waals surface area (Å²) in [6.45, 7) is 0. The molecular formula is C19H19N2O8P. The number of nitrogens with zero attached hydrogens (tertiary/aromatic N) is 1. The zero-order chi connectivity index (χ0) is 21.9. The highest BCUT2D eigenvalue weighted by atomic mass is 31.2. The molecule has 0 saturated carbocycles. The average molecular weight is 434 g/mol. The number of hydrogen-bond acceptors (Lipinski definition) is 7. The van der Waals surface area contributed by atoms with Crippen molar-refractivity contribution in [1.82, 2.24) is 9.97 Å². The lowest BCUT2D eigenvalue weighted by Gasteiger charge is -2.12. The fraction of sp³-hybridized carbons (Fsp3) is 0.158. The number of aromatic nitrogens is 2. The van der Waals surface area contributed by atoms with Crippen LogP contribution in [0, 0.1) is 0 Å². The van der Waals surface area contributed by atoms with Gasteiger partial charge in [-0.05, 0) is 24.3 Å². The van der Waals surface area contributed by atoms with Gasteiger partial charge in [0.2, 0.25) is 0 Å². The minimum absolute atomic E-state index is 0.0775. The molecule has 30 heavy (non-hydrogen) atoms. The number of aromatic amines is 1. The Morgan fingerprint density at radius 3 is 2.30 bits per heavy atom. The molecule has 0 spiro atoms. The third-order valence-electron chi connectivity index (χ3n) is 4.11. The van der Waals surface area contributed by atoms with Gasteiger partial charge in [0.25, 0.3) is 0 Å². The van der Waals surface area contributed by atoms with Crippen molar-refractivity contribution < 1.29 is 37.9 Å². The van der Waals surface area contributed by atoms with Crippen LogP contribution in [0.4, 0.5) is 0 Å². The number of carbonyl (C=O) groups is 1. The third-order valence-corrected chi connectivity index (χ3v) is 4.52. The highest BCUT2D eigenvalue weighted by molar-refractivity contribution is 7.46. The Hall–Kier alpha value is -3.33. The normalized spacial score (nSPS) is 11.6. The van der Waals surface area contributed by atoms with E-state index < -0.39 is 13.8 Å². The first-order chi connectivity index (χ1) is 14.3. The van der Waals surface area contributed by atoms with E-state index in [4.69, 9.17) is 24.0 Å². The molecule has 0 aliphatic heterocycles. The van der Waals surface area contributed by atoms with Gasteiger partial charge in [-0.1, -0.05) is 6.07 Å². The van der Waals surface area contributed by atoms with Crippen LogP contribution in [0.1, 0.15) is 21.7 Å². The zero-order valence-corrected chi connectivity index (χ0v) is 17.2. The van der Waals surface area contributed by atoms with E-state index >= 15 is 0 Å². The van der Waals surface area contributed by atoms with Crippen LogP contribution in [-0.4, -0.2) is 47.1 Å². The molecule has 0 fully saturated rings. The number of H-pyrrole nitrogens is 1. The van der Waals surface area contributed by atoms with Crippen LogP contribution < -0.4 is 14.2 Å². The van der Waals surface area contributed by atoms with Gasteiger partial charge in [-0.2, -0.15) is 0 Å². The standard InChI is InChI=1S/C19H19N2O8P/c1-26-11-9-15(27-2)12(16(10-11)28-3)7-8-17-20-14-6-4-5-13(18(14)21-17)19(22)29-30(23,24)25/h4-10H,1-3H3,(H,20,21)(H2,23,24,25)/b8-7+. The van der Waals surface area contributed by atoms with Crippen LogP contribution in [0.25, 0.3) is 23.2 Å². The summed E-state index contributed by atoms with van der Waals surface area (Å²) in [6, 6.07) is 7.99. The molecule has 2 aromatic carbocycles. The number of imidazole rings is 1. The molecule has 0 bridgehead atoms. The first-order valence-electron chi connectivity index (χ1n) is 8.52. The molecular weight excluding hydrogens is 415 g/mol. The predicted molar refractivity (Wildman–Crippen MR) is 109 cm³/mol. The molecule has 3 N–H and O–H groups in total. The first kappa shape index (κ1) is 21.4. The van der Waals surface area contributed by atoms with E-state index in [0.29, 0.717) is 34.2 Å². The lowest BCUT2D eigenvalue weighted by atomic mass is 10.1. The predicted octanol–water partition coefficient (Wildman–Crippen LogP) is 3.01. The van der Waals surface area contributed by atoms with Gasteiger partial charge in [-0.25, -0.2) is 14.3 Å². The first-order valence-corrected chi connectivity index (χ1v) is 10.0. The van der Waals surface area contributed by atoms with Crippen LogP contribution in [0.2, 0.25) is 0 Å². The quantitative estimate of drug-likeness (QED) is 0.479. The molecule has 0 aliphatic rings. The summed E-state index contributed by atoms with van der Waals surface area (Å²) in [5, 5.41) is 0. The number of rotatable bonds is 7. The van der Waals surface area contributed by atoms with Crippen molar-refractivity contribution >= 4 is 37.0 Å². The number of methoxy groups -OCH3 is 3. The molecule has 1 aromatic heterocycles. The maximum absolute atomic E-state index is 12.1. The number of ether oxygens (including phenoxy) is 3. The number of para-hydroxylation sites is 1. The molecule has 11 heteroatoms. The highest BCUT2D eigenvalue weighted by Gasteiger charge is 2.24. The summed E-state index contributed by atoms with van der Waals surface area (Å²) >= 11 is 0. The minimum atomic E-state index is -4.98. The van der Waals surface area contributed by atoms with Crippen molar-refractivity contribution in [3.63, 3.8) is 0 Å². The Kier molecular flexibility index (Phi) is 6.12. The van der Waals surface area contributed by atoms with Gasteiger partial charge < -0.3 is 23.7 Å². The van der Waals surface area contributed by atoms with Gasteiger partial charge in [0.05, 0.1) is 38.0 Å². The molecule has 0 saturated heterocycles. The zero-order valence-electron chi connectivity index (χ0n) is 16.3. The molecule has 0 radical (unpaired) electrons. The van der Waals surface area contributed by atoms with Gasteiger partial charge in [-0.15, -0.1) is 0 Å².